The molecular formula is C26H34F2N2O2. The van der Waals surface area contributed by atoms with E-state index < -0.39 is 23.2 Å². The lowest BCUT2D eigenvalue weighted by Crippen LogP contribution is -2.47. The first-order valence-corrected chi connectivity index (χ1v) is 11.4. The van der Waals surface area contributed by atoms with Crippen molar-refractivity contribution in [3.05, 3.63) is 70.8 Å². The van der Waals surface area contributed by atoms with Crippen LogP contribution in [0.1, 0.15) is 69.1 Å². The van der Waals surface area contributed by atoms with E-state index in [0.29, 0.717) is 24.9 Å². The zero-order valence-corrected chi connectivity index (χ0v) is 19.0. The van der Waals surface area contributed by atoms with E-state index in [1.165, 1.54) is 18.6 Å². The summed E-state index contributed by atoms with van der Waals surface area (Å²) < 4.78 is 26.8. The van der Waals surface area contributed by atoms with E-state index >= 15 is 0 Å². The molecule has 1 atom stereocenters. The van der Waals surface area contributed by atoms with Crippen LogP contribution < -0.4 is 11.1 Å². The lowest BCUT2D eigenvalue weighted by molar-refractivity contribution is -0.122. The Balaban J connectivity index is 1.72. The highest BCUT2D eigenvalue weighted by molar-refractivity contribution is 5.85. The van der Waals surface area contributed by atoms with Crippen molar-refractivity contribution < 1.29 is 18.7 Å². The van der Waals surface area contributed by atoms with Gasteiger partial charge in [-0.1, -0.05) is 43.5 Å². The maximum Gasteiger partial charge on any atom is 0.227 e. The van der Waals surface area contributed by atoms with Crippen LogP contribution >= 0.6 is 0 Å². The molecule has 0 saturated heterocycles. The number of aryl methyl sites for hydroxylation is 1. The highest BCUT2D eigenvalue weighted by Crippen LogP contribution is 2.38. The Morgan fingerprint density at radius 1 is 1.12 bits per heavy atom. The van der Waals surface area contributed by atoms with Gasteiger partial charge in [-0.15, -0.1) is 0 Å². The molecule has 1 aliphatic carbocycles. The standard InChI is InChI=1S/C26H34F2N2O2/c1-25(2,24(29)32)19-7-6-8-20(15-19)26(11-4-3-5-12-26)30-17-23(31)10-9-18-13-21(27)16-22(28)14-18/h6-8,13-16,23,30-31H,3-5,9-12,17H2,1-2H3,(H2,29,32). The number of hydrogen-bond donors (Lipinski definition) is 3. The Morgan fingerprint density at radius 3 is 2.41 bits per heavy atom. The van der Waals surface area contributed by atoms with E-state index in [9.17, 15) is 18.7 Å². The van der Waals surface area contributed by atoms with E-state index in [4.69, 9.17) is 5.73 Å². The zero-order valence-electron chi connectivity index (χ0n) is 19.0. The van der Waals surface area contributed by atoms with E-state index in [2.05, 4.69) is 17.4 Å². The van der Waals surface area contributed by atoms with Crippen LogP contribution in [0.2, 0.25) is 0 Å². The number of aliphatic hydroxyl groups is 1. The third-order valence-corrected chi connectivity index (χ3v) is 6.82. The van der Waals surface area contributed by atoms with E-state index in [0.717, 1.165) is 42.9 Å². The Kier molecular flexibility index (Phi) is 7.67. The molecule has 0 aromatic heterocycles. The highest BCUT2D eigenvalue weighted by Gasteiger charge is 2.35. The first kappa shape index (κ1) is 24.3. The average Bonchev–Trinajstić information content (AvgIpc) is 2.76. The number of benzene rings is 2. The Bertz CT molecular complexity index is 919. The van der Waals surface area contributed by atoms with E-state index in [-0.39, 0.29) is 11.4 Å². The van der Waals surface area contributed by atoms with Crippen molar-refractivity contribution >= 4 is 5.91 Å². The molecule has 2 aromatic rings. The van der Waals surface area contributed by atoms with Gasteiger partial charge in [-0.2, -0.15) is 0 Å². The maximum atomic E-state index is 13.4. The van der Waals surface area contributed by atoms with Crippen molar-refractivity contribution in [2.75, 3.05) is 6.54 Å². The molecule has 1 amide bonds. The number of rotatable bonds is 9. The Labute approximate surface area is 189 Å². The van der Waals surface area contributed by atoms with E-state index in [1.807, 2.05) is 26.0 Å². The molecule has 3 rings (SSSR count). The molecule has 1 fully saturated rings. The maximum absolute atomic E-state index is 13.4. The largest absolute Gasteiger partial charge is 0.392 e. The lowest BCUT2D eigenvalue weighted by Gasteiger charge is -2.40. The van der Waals surface area contributed by atoms with Crippen molar-refractivity contribution in [2.45, 2.75) is 75.9 Å². The molecule has 4 nitrogen and oxygen atoms in total. The van der Waals surface area contributed by atoms with Gasteiger partial charge in [0.15, 0.2) is 0 Å². The molecule has 0 aliphatic heterocycles. The van der Waals surface area contributed by atoms with Gasteiger partial charge < -0.3 is 16.2 Å². The summed E-state index contributed by atoms with van der Waals surface area (Å²) in [5.41, 5.74) is 7.09. The van der Waals surface area contributed by atoms with Gasteiger partial charge in [0, 0.05) is 18.2 Å². The number of amides is 1. The van der Waals surface area contributed by atoms with E-state index in [1.54, 1.807) is 0 Å². The first-order chi connectivity index (χ1) is 15.1. The van der Waals surface area contributed by atoms with Gasteiger partial charge in [0.25, 0.3) is 0 Å². The van der Waals surface area contributed by atoms with Gasteiger partial charge in [0.05, 0.1) is 11.5 Å². The molecule has 1 saturated carbocycles. The Morgan fingerprint density at radius 2 is 1.78 bits per heavy atom. The molecule has 2 aromatic carbocycles. The van der Waals surface area contributed by atoms with Crippen molar-refractivity contribution in [1.29, 1.82) is 0 Å². The molecule has 1 unspecified atom stereocenters. The quantitative estimate of drug-likeness (QED) is 0.534. The van der Waals surface area contributed by atoms with Crippen LogP contribution in [0.15, 0.2) is 42.5 Å². The summed E-state index contributed by atoms with van der Waals surface area (Å²) in [4.78, 5) is 12.0. The van der Waals surface area contributed by atoms with Gasteiger partial charge in [0.2, 0.25) is 5.91 Å². The molecule has 0 bridgehead atoms. The normalized spacial score (nSPS) is 17.2. The molecule has 0 radical (unpaired) electrons. The summed E-state index contributed by atoms with van der Waals surface area (Å²) >= 11 is 0. The van der Waals surface area contributed by atoms with Crippen LogP contribution in [0.25, 0.3) is 0 Å². The minimum atomic E-state index is -0.772. The van der Waals surface area contributed by atoms with Gasteiger partial charge in [-0.3, -0.25) is 4.79 Å². The van der Waals surface area contributed by atoms with Crippen molar-refractivity contribution in [2.24, 2.45) is 5.73 Å². The minimum absolute atomic E-state index is 0.284. The summed E-state index contributed by atoms with van der Waals surface area (Å²) in [5.74, 6) is -1.58. The third kappa shape index (κ3) is 5.73. The van der Waals surface area contributed by atoms with Gasteiger partial charge in [-0.25, -0.2) is 8.78 Å². The highest BCUT2D eigenvalue weighted by atomic mass is 19.1. The zero-order chi connectivity index (χ0) is 23.4. The summed E-state index contributed by atoms with van der Waals surface area (Å²) in [6.45, 7) is 4.03. The molecule has 0 heterocycles. The molecule has 0 spiro atoms. The molecule has 32 heavy (non-hydrogen) atoms. The van der Waals surface area contributed by atoms with Crippen molar-refractivity contribution in [3.8, 4) is 0 Å². The second-order valence-corrected chi connectivity index (χ2v) is 9.56. The molecule has 4 N–H and O–H groups in total. The number of carbonyl (C=O) groups is 1. The number of hydrogen-bond acceptors (Lipinski definition) is 3. The van der Waals surface area contributed by atoms with Crippen LogP contribution in [0, 0.1) is 11.6 Å². The van der Waals surface area contributed by atoms with Crippen LogP contribution in [-0.2, 0) is 22.2 Å². The number of nitrogens with two attached hydrogens (primary N) is 1. The van der Waals surface area contributed by atoms with Crippen LogP contribution in [-0.4, -0.2) is 23.7 Å². The lowest BCUT2D eigenvalue weighted by atomic mass is 9.74. The minimum Gasteiger partial charge on any atom is -0.392 e. The summed E-state index contributed by atoms with van der Waals surface area (Å²) in [6.07, 6.45) is 5.36. The number of aliphatic hydroxyl groups excluding tert-OH is 1. The summed E-state index contributed by atoms with van der Waals surface area (Å²) in [7, 11) is 0. The SMILES string of the molecule is CC(C)(C(N)=O)c1cccc(C2(NCC(O)CCc3cc(F)cc(F)c3)CCCCC2)c1. The smallest absolute Gasteiger partial charge is 0.227 e. The monoisotopic (exact) mass is 444 g/mol. The molecule has 6 heteroatoms. The summed E-state index contributed by atoms with van der Waals surface area (Å²) in [6, 6.07) is 11.5. The average molecular weight is 445 g/mol. The number of nitrogens with one attached hydrogen (secondary N) is 1. The fourth-order valence-electron chi connectivity index (χ4n) is 4.57. The topological polar surface area (TPSA) is 75.4 Å². The number of primary amides is 1. The second kappa shape index (κ2) is 10.1. The van der Waals surface area contributed by atoms with Crippen molar-refractivity contribution in [1.82, 2.24) is 5.32 Å². The Hall–Kier alpha value is -2.31. The summed E-state index contributed by atoms with van der Waals surface area (Å²) in [5, 5.41) is 14.2. The number of halogens is 2. The fourth-order valence-corrected chi connectivity index (χ4v) is 4.57. The first-order valence-electron chi connectivity index (χ1n) is 11.4. The van der Waals surface area contributed by atoms with Crippen molar-refractivity contribution in [3.63, 3.8) is 0 Å². The second-order valence-electron chi connectivity index (χ2n) is 9.56. The predicted molar refractivity (Wildman–Crippen MR) is 122 cm³/mol. The van der Waals surface area contributed by atoms with Gasteiger partial charge >= 0.3 is 0 Å². The predicted octanol–water partition coefficient (Wildman–Crippen LogP) is 4.47. The van der Waals surface area contributed by atoms with Crippen LogP contribution in [0.4, 0.5) is 8.78 Å². The fraction of sp³-hybridized carbons (Fsp3) is 0.500. The molecule has 1 aliphatic rings. The van der Waals surface area contributed by atoms with Crippen LogP contribution in [0.3, 0.4) is 0 Å². The molecule has 174 valence electrons. The number of carbonyl (C=O) groups excluding carboxylic acids is 1. The van der Waals surface area contributed by atoms with Gasteiger partial charge in [-0.05, 0) is 68.4 Å². The molecular weight excluding hydrogens is 410 g/mol. The van der Waals surface area contributed by atoms with Crippen LogP contribution in [0.5, 0.6) is 0 Å². The third-order valence-electron chi connectivity index (χ3n) is 6.82. The van der Waals surface area contributed by atoms with Gasteiger partial charge in [0.1, 0.15) is 11.6 Å².